The van der Waals surface area contributed by atoms with Crippen molar-refractivity contribution in [3.05, 3.63) is 29.8 Å². The van der Waals surface area contributed by atoms with Gasteiger partial charge in [0, 0.05) is 19.1 Å². The molecule has 1 spiro atoms. The van der Waals surface area contributed by atoms with Gasteiger partial charge in [-0.25, -0.2) is 8.42 Å². The number of amides is 1. The first kappa shape index (κ1) is 20.2. The van der Waals surface area contributed by atoms with Crippen molar-refractivity contribution in [2.45, 2.75) is 75.6 Å². The second kappa shape index (κ2) is 6.80. The minimum absolute atomic E-state index is 0.148. The largest absolute Gasteiger partial charge is 0.354 e. The molecule has 1 N–H and O–H groups in total. The number of piperidine rings is 1. The topological polar surface area (TPSA) is 66.5 Å². The van der Waals surface area contributed by atoms with Crippen LogP contribution in [0.1, 0.15) is 63.4 Å². The van der Waals surface area contributed by atoms with Crippen LogP contribution in [0, 0.1) is 35.5 Å². The van der Waals surface area contributed by atoms with Gasteiger partial charge in [-0.05, 0) is 99.2 Å². The van der Waals surface area contributed by atoms with Crippen molar-refractivity contribution in [3.63, 3.8) is 0 Å². The first-order valence-electron chi connectivity index (χ1n) is 12.2. The molecule has 3 bridgehead atoms. The second-order valence-electron chi connectivity index (χ2n) is 11.2. The smallest absolute Gasteiger partial charge is 0.243 e. The third-order valence-corrected chi connectivity index (χ3v) is 11.6. The predicted molar refractivity (Wildman–Crippen MR) is 119 cm³/mol. The van der Waals surface area contributed by atoms with Crippen LogP contribution in [0.3, 0.4) is 0 Å². The molecule has 6 rings (SSSR count). The number of fused-ring (bicyclic) bond motifs is 2. The van der Waals surface area contributed by atoms with E-state index in [9.17, 15) is 13.2 Å². The van der Waals surface area contributed by atoms with Gasteiger partial charge in [0.05, 0.1) is 10.3 Å². The third kappa shape index (κ3) is 2.76. The Hall–Kier alpha value is -1.40. The van der Waals surface area contributed by atoms with Crippen LogP contribution >= 0.6 is 0 Å². The lowest BCUT2D eigenvalue weighted by Crippen LogP contribution is -2.61. The number of benzene rings is 1. The molecule has 5 aliphatic rings. The number of hydrogen-bond donors (Lipinski definition) is 1. The van der Waals surface area contributed by atoms with Crippen LogP contribution in [-0.4, -0.2) is 37.8 Å². The summed E-state index contributed by atoms with van der Waals surface area (Å²) in [6.07, 6.45) is 10.1. The number of carbonyl (C=O) groups is 1. The van der Waals surface area contributed by atoms with Crippen LogP contribution in [0.15, 0.2) is 29.2 Å². The normalized spacial score (nSPS) is 41.1. The zero-order chi connectivity index (χ0) is 21.4. The molecule has 4 aliphatic carbocycles. The minimum atomic E-state index is -3.55. The van der Waals surface area contributed by atoms with Gasteiger partial charge in [0.25, 0.3) is 0 Å². The van der Waals surface area contributed by atoms with Gasteiger partial charge >= 0.3 is 0 Å². The molecule has 1 amide bonds. The van der Waals surface area contributed by atoms with Crippen LogP contribution in [-0.2, 0) is 14.8 Å². The molecule has 5 fully saturated rings. The molecule has 5 nitrogen and oxygen atoms in total. The Balaban J connectivity index is 1.19. The number of aryl methyl sites for hydroxylation is 1. The molecule has 0 radical (unpaired) electrons. The van der Waals surface area contributed by atoms with Crippen molar-refractivity contribution in [3.8, 4) is 0 Å². The van der Waals surface area contributed by atoms with Crippen molar-refractivity contribution < 1.29 is 13.2 Å². The van der Waals surface area contributed by atoms with E-state index in [0.717, 1.165) is 55.4 Å². The van der Waals surface area contributed by atoms with Gasteiger partial charge in [-0.2, -0.15) is 4.31 Å². The van der Waals surface area contributed by atoms with Crippen LogP contribution in [0.5, 0.6) is 0 Å². The van der Waals surface area contributed by atoms with Crippen LogP contribution in [0.4, 0.5) is 0 Å². The van der Waals surface area contributed by atoms with Gasteiger partial charge in [-0.3, -0.25) is 4.79 Å². The van der Waals surface area contributed by atoms with Gasteiger partial charge in [-0.15, -0.1) is 0 Å². The number of hydrogen-bond acceptors (Lipinski definition) is 3. The lowest BCUT2D eigenvalue weighted by molar-refractivity contribution is -0.161. The van der Waals surface area contributed by atoms with E-state index in [1.807, 2.05) is 13.0 Å². The monoisotopic (exact) mass is 442 g/mol. The maximum atomic E-state index is 13.6. The summed E-state index contributed by atoms with van der Waals surface area (Å²) in [5.74, 6) is 2.59. The molecule has 6 heteroatoms. The number of sulfonamides is 1. The summed E-state index contributed by atoms with van der Waals surface area (Å²) < 4.78 is 28.4. The molecule has 4 unspecified atom stereocenters. The van der Waals surface area contributed by atoms with E-state index in [1.165, 1.54) is 25.7 Å². The van der Waals surface area contributed by atoms with E-state index < -0.39 is 10.0 Å². The lowest BCUT2D eigenvalue weighted by atomic mass is 9.46. The Bertz CT molecular complexity index is 1020. The molecule has 1 aliphatic heterocycles. The fraction of sp³-hybridized carbons (Fsp3) is 0.720. The standard InChI is InChI=1S/C25H34N2O3S/c1-17-5-4-7-22(9-17)31(29,30)27-8-3-2-6-21(27)16-26-23(28)25-14-19-10-18-11-20(15-25)24(25,12-18)13-19/h4-5,7,9,18-21H,2-3,6,8,10-16H2,1H3,(H,26,28)/t18-,19+,20?,21?,24?,25?/m0/s1. The third-order valence-electron chi connectivity index (χ3n) is 9.66. The van der Waals surface area contributed by atoms with Gasteiger partial charge in [0.1, 0.15) is 0 Å². The SMILES string of the molecule is Cc1cccc(S(=O)(=O)N2CCCCC2CNC(=O)C23CC4C[C@@H]5C[C@@H](C2)CC43C5)c1. The lowest BCUT2D eigenvalue weighted by Gasteiger charge is -2.57. The number of nitrogens with zero attached hydrogens (tertiary/aromatic N) is 1. The highest BCUT2D eigenvalue weighted by Crippen LogP contribution is 2.81. The van der Waals surface area contributed by atoms with Gasteiger partial charge < -0.3 is 5.32 Å². The summed E-state index contributed by atoms with van der Waals surface area (Å²) in [4.78, 5) is 13.9. The molecule has 4 saturated carbocycles. The first-order chi connectivity index (χ1) is 14.8. The Kier molecular flexibility index (Phi) is 4.44. The number of carbonyl (C=O) groups excluding carboxylic acids is 1. The quantitative estimate of drug-likeness (QED) is 0.753. The first-order valence-corrected chi connectivity index (χ1v) is 13.6. The van der Waals surface area contributed by atoms with E-state index in [0.29, 0.717) is 18.0 Å². The molecular formula is C25H34N2O3S. The molecule has 31 heavy (non-hydrogen) atoms. The maximum Gasteiger partial charge on any atom is 0.243 e. The maximum absolute atomic E-state index is 13.6. The Labute approximate surface area is 186 Å². The highest BCUT2D eigenvalue weighted by molar-refractivity contribution is 7.89. The van der Waals surface area contributed by atoms with Crippen molar-refractivity contribution in [2.24, 2.45) is 28.6 Å². The molecule has 6 atom stereocenters. The summed E-state index contributed by atoms with van der Waals surface area (Å²) in [6, 6.07) is 7.02. The van der Waals surface area contributed by atoms with Gasteiger partial charge in [0.15, 0.2) is 0 Å². The van der Waals surface area contributed by atoms with E-state index in [4.69, 9.17) is 0 Å². The predicted octanol–water partition coefficient (Wildman–Crippen LogP) is 3.87. The van der Waals surface area contributed by atoms with Crippen LogP contribution in [0.25, 0.3) is 0 Å². The molecule has 168 valence electrons. The summed E-state index contributed by atoms with van der Waals surface area (Å²) >= 11 is 0. The fourth-order valence-corrected chi connectivity index (χ4v) is 10.4. The highest BCUT2D eigenvalue weighted by atomic mass is 32.2. The molecule has 1 aromatic rings. The summed E-state index contributed by atoms with van der Waals surface area (Å²) in [7, 11) is -3.55. The van der Waals surface area contributed by atoms with Crippen molar-refractivity contribution in [1.82, 2.24) is 9.62 Å². The van der Waals surface area contributed by atoms with Crippen molar-refractivity contribution >= 4 is 15.9 Å². The molecule has 1 aromatic carbocycles. The average Bonchev–Trinajstić information content (AvgIpc) is 3.07. The molecule has 1 heterocycles. The minimum Gasteiger partial charge on any atom is -0.354 e. The van der Waals surface area contributed by atoms with Crippen molar-refractivity contribution in [2.75, 3.05) is 13.1 Å². The van der Waals surface area contributed by atoms with E-state index in [2.05, 4.69) is 5.32 Å². The van der Waals surface area contributed by atoms with Crippen LogP contribution in [0.2, 0.25) is 0 Å². The fourth-order valence-electron chi connectivity index (χ4n) is 8.58. The summed E-state index contributed by atoms with van der Waals surface area (Å²) in [5.41, 5.74) is 1.08. The molecule has 0 aromatic heterocycles. The average molecular weight is 443 g/mol. The molecular weight excluding hydrogens is 408 g/mol. The van der Waals surface area contributed by atoms with Crippen molar-refractivity contribution in [1.29, 1.82) is 0 Å². The zero-order valence-electron chi connectivity index (χ0n) is 18.5. The number of rotatable bonds is 5. The van der Waals surface area contributed by atoms with Gasteiger partial charge in [-0.1, -0.05) is 18.6 Å². The van der Waals surface area contributed by atoms with Gasteiger partial charge in [0.2, 0.25) is 15.9 Å². The Morgan fingerprint density at radius 2 is 1.97 bits per heavy atom. The van der Waals surface area contributed by atoms with E-state index >= 15 is 0 Å². The van der Waals surface area contributed by atoms with E-state index in [-0.39, 0.29) is 22.8 Å². The summed E-state index contributed by atoms with van der Waals surface area (Å²) in [5, 5.41) is 3.28. The van der Waals surface area contributed by atoms with E-state index in [1.54, 1.807) is 22.5 Å². The van der Waals surface area contributed by atoms with Crippen LogP contribution < -0.4 is 5.32 Å². The highest BCUT2D eigenvalue weighted by Gasteiger charge is 2.76. The Morgan fingerprint density at radius 1 is 1.13 bits per heavy atom. The zero-order valence-corrected chi connectivity index (χ0v) is 19.3. The Morgan fingerprint density at radius 3 is 2.81 bits per heavy atom. The second-order valence-corrected chi connectivity index (χ2v) is 13.1. The summed E-state index contributed by atoms with van der Waals surface area (Å²) in [6.45, 7) is 2.90. The number of nitrogens with one attached hydrogen (secondary N) is 1. The molecule has 1 saturated heterocycles.